The van der Waals surface area contributed by atoms with E-state index in [1.165, 1.54) is 20.8 Å². The number of Topliss-reactive ketones (excluding diaryl/α,β-unsaturated/α-hetero) is 3. The number of carbonyl (C=O) groups excluding carboxylic acids is 3. The van der Waals surface area contributed by atoms with E-state index >= 15 is 0 Å². The molecule has 3 N–H and O–H groups in total. The maximum Gasteiger partial charge on any atom is 0.188 e. The molecule has 0 aromatic heterocycles. The monoisotopic (exact) mass is 344 g/mol. The molecule has 0 fully saturated rings. The third-order valence-corrected chi connectivity index (χ3v) is 4.75. The number of fused-ring (bicyclic) bond motifs is 3. The molecule has 0 radical (unpaired) electrons. The Morgan fingerprint density at radius 1 is 1.08 bits per heavy atom. The fourth-order valence-corrected chi connectivity index (χ4v) is 3.36. The quantitative estimate of drug-likeness (QED) is 0.555. The van der Waals surface area contributed by atoms with Crippen LogP contribution in [0, 0.1) is 6.92 Å². The number of benzene rings is 1. The lowest BCUT2D eigenvalue weighted by atomic mass is 9.71. The number of aliphatic hydroxyl groups excluding tert-OH is 1. The van der Waals surface area contributed by atoms with E-state index in [4.69, 9.17) is 4.74 Å². The third kappa shape index (κ3) is 1.89. The van der Waals surface area contributed by atoms with Crippen molar-refractivity contribution in [3.63, 3.8) is 0 Å². The van der Waals surface area contributed by atoms with Gasteiger partial charge in [0.1, 0.15) is 45.3 Å². The molecule has 0 spiro atoms. The molecule has 7 nitrogen and oxygen atoms in total. The van der Waals surface area contributed by atoms with Gasteiger partial charge < -0.3 is 20.1 Å². The van der Waals surface area contributed by atoms with Gasteiger partial charge in [-0.3, -0.25) is 14.4 Å². The molecule has 1 heterocycles. The van der Waals surface area contributed by atoms with Gasteiger partial charge in [0.15, 0.2) is 17.3 Å². The van der Waals surface area contributed by atoms with Crippen molar-refractivity contribution in [2.24, 2.45) is 0 Å². The summed E-state index contributed by atoms with van der Waals surface area (Å²) in [6, 6.07) is 0. The number of ketones is 3. The minimum absolute atomic E-state index is 0.00417. The molecule has 2 aliphatic rings. The minimum Gasteiger partial charge on any atom is -0.507 e. The second kappa shape index (κ2) is 4.95. The van der Waals surface area contributed by atoms with E-state index in [9.17, 15) is 29.7 Å². The molecule has 3 rings (SSSR count). The van der Waals surface area contributed by atoms with E-state index in [1.54, 1.807) is 0 Å². The van der Waals surface area contributed by atoms with Gasteiger partial charge in [0.05, 0.1) is 5.56 Å². The Hall–Kier alpha value is -3.09. The summed E-state index contributed by atoms with van der Waals surface area (Å²) in [6.45, 7) is 5.19. The smallest absolute Gasteiger partial charge is 0.188 e. The molecular formula is C18H16O7. The summed E-state index contributed by atoms with van der Waals surface area (Å²) in [5.74, 6) is -3.45. The van der Waals surface area contributed by atoms with Gasteiger partial charge in [-0.05, 0) is 27.7 Å². The van der Waals surface area contributed by atoms with Crippen LogP contribution in [0.1, 0.15) is 42.3 Å². The maximum atomic E-state index is 13.0. The van der Waals surface area contributed by atoms with Gasteiger partial charge in [-0.15, -0.1) is 0 Å². The number of allylic oxidation sites excluding steroid dienone is 3. The summed E-state index contributed by atoms with van der Waals surface area (Å²) in [6.07, 6.45) is 1.12. The summed E-state index contributed by atoms with van der Waals surface area (Å²) in [4.78, 5) is 36.7. The highest BCUT2D eigenvalue weighted by Gasteiger charge is 2.55. The van der Waals surface area contributed by atoms with Crippen molar-refractivity contribution < 1.29 is 34.4 Å². The second-order valence-corrected chi connectivity index (χ2v) is 6.34. The molecule has 7 heteroatoms. The van der Waals surface area contributed by atoms with Gasteiger partial charge in [0.25, 0.3) is 0 Å². The Bertz CT molecular complexity index is 949. The van der Waals surface area contributed by atoms with Gasteiger partial charge >= 0.3 is 0 Å². The summed E-state index contributed by atoms with van der Waals surface area (Å²) in [7, 11) is 0. The highest BCUT2D eigenvalue weighted by atomic mass is 16.5. The van der Waals surface area contributed by atoms with Crippen LogP contribution in [0.4, 0.5) is 0 Å². The van der Waals surface area contributed by atoms with Crippen LogP contribution < -0.4 is 4.74 Å². The van der Waals surface area contributed by atoms with Gasteiger partial charge in [0.2, 0.25) is 0 Å². The zero-order chi connectivity index (χ0) is 18.8. The molecule has 25 heavy (non-hydrogen) atoms. The van der Waals surface area contributed by atoms with Crippen LogP contribution in [-0.2, 0) is 15.0 Å². The minimum atomic E-state index is -1.59. The van der Waals surface area contributed by atoms with Crippen LogP contribution in [0.2, 0.25) is 0 Å². The van der Waals surface area contributed by atoms with Crippen LogP contribution in [-0.4, -0.2) is 32.7 Å². The number of phenols is 2. The van der Waals surface area contributed by atoms with Crippen molar-refractivity contribution in [1.82, 2.24) is 0 Å². The Morgan fingerprint density at radius 3 is 2.20 bits per heavy atom. The maximum absolute atomic E-state index is 13.0. The predicted molar refractivity (Wildman–Crippen MR) is 85.9 cm³/mol. The van der Waals surface area contributed by atoms with Crippen LogP contribution in [0.5, 0.6) is 17.2 Å². The number of hydrogen-bond donors (Lipinski definition) is 3. The summed E-state index contributed by atoms with van der Waals surface area (Å²) in [5.41, 5.74) is -2.15. The number of aromatic hydroxyl groups is 2. The van der Waals surface area contributed by atoms with Crippen LogP contribution in [0.25, 0.3) is 0 Å². The van der Waals surface area contributed by atoms with Crippen LogP contribution in [0.3, 0.4) is 0 Å². The van der Waals surface area contributed by atoms with Gasteiger partial charge in [0, 0.05) is 11.6 Å². The van der Waals surface area contributed by atoms with Crippen molar-refractivity contribution in [2.75, 3.05) is 0 Å². The first-order valence-electron chi connectivity index (χ1n) is 7.52. The molecular weight excluding hydrogens is 328 g/mol. The molecule has 0 amide bonds. The molecule has 1 aromatic carbocycles. The van der Waals surface area contributed by atoms with E-state index in [-0.39, 0.29) is 28.2 Å². The molecule has 1 aliphatic heterocycles. The number of phenolic OH excluding ortho intramolecular Hbond substituents is 2. The number of carbonyl (C=O) groups is 3. The summed E-state index contributed by atoms with van der Waals surface area (Å²) in [5, 5.41) is 30.7. The third-order valence-electron chi connectivity index (χ3n) is 4.75. The topological polar surface area (TPSA) is 121 Å². The molecule has 0 unspecified atom stereocenters. The van der Waals surface area contributed by atoms with Crippen molar-refractivity contribution in [3.05, 3.63) is 39.9 Å². The first-order chi connectivity index (χ1) is 11.5. The Balaban J connectivity index is 2.42. The highest BCUT2D eigenvalue weighted by molar-refractivity contribution is 6.25. The molecule has 0 saturated heterocycles. The molecule has 130 valence electrons. The molecule has 1 aliphatic carbocycles. The lowest BCUT2D eigenvalue weighted by molar-refractivity contribution is -0.123. The van der Waals surface area contributed by atoms with E-state index in [0.29, 0.717) is 0 Å². The van der Waals surface area contributed by atoms with Gasteiger partial charge in [-0.25, -0.2) is 0 Å². The first kappa shape index (κ1) is 16.8. The second-order valence-electron chi connectivity index (χ2n) is 6.34. The first-order valence-corrected chi connectivity index (χ1v) is 7.52. The normalized spacial score (nSPS) is 21.4. The van der Waals surface area contributed by atoms with E-state index < -0.39 is 45.6 Å². The van der Waals surface area contributed by atoms with Crippen molar-refractivity contribution >= 4 is 17.3 Å². The van der Waals surface area contributed by atoms with E-state index in [2.05, 4.69) is 0 Å². The van der Waals surface area contributed by atoms with Crippen molar-refractivity contribution in [3.8, 4) is 17.2 Å². The lowest BCUT2D eigenvalue weighted by Gasteiger charge is -2.28. The zero-order valence-corrected chi connectivity index (χ0v) is 14.1. The van der Waals surface area contributed by atoms with Crippen molar-refractivity contribution in [2.45, 2.75) is 33.1 Å². The summed E-state index contributed by atoms with van der Waals surface area (Å²) < 4.78 is 5.59. The van der Waals surface area contributed by atoms with Gasteiger partial charge in [-0.2, -0.15) is 0 Å². The molecule has 1 aromatic rings. The molecule has 1 atom stereocenters. The SMILES string of the molecule is CC(=O)C1=C(O)C=C2Oc3c(C(C)=O)c(O)c(C)c(O)c3[C@@]2(C)C1=O. The van der Waals surface area contributed by atoms with Crippen LogP contribution >= 0.6 is 0 Å². The fourth-order valence-electron chi connectivity index (χ4n) is 3.36. The Labute approximate surface area is 142 Å². The Kier molecular flexibility index (Phi) is 3.32. The number of ether oxygens (including phenoxy) is 1. The average Bonchev–Trinajstić information content (AvgIpc) is 2.78. The summed E-state index contributed by atoms with van der Waals surface area (Å²) >= 11 is 0. The molecule has 0 saturated carbocycles. The number of aliphatic hydroxyl groups is 1. The predicted octanol–water partition coefficient (Wildman–Crippen LogP) is 2.13. The highest BCUT2D eigenvalue weighted by Crippen LogP contribution is 2.57. The standard InChI is InChI=1S/C18H16O7/c1-6-14(22)12(8(3)20)16-13(15(6)23)18(4)10(25-16)5-9(21)11(7(2)19)17(18)24/h5,21-23H,1-4H3/t18-/m0/s1. The number of hydrogen-bond acceptors (Lipinski definition) is 7. The van der Waals surface area contributed by atoms with Crippen LogP contribution in [0.15, 0.2) is 23.2 Å². The van der Waals surface area contributed by atoms with E-state index in [1.807, 2.05) is 0 Å². The number of rotatable bonds is 2. The largest absolute Gasteiger partial charge is 0.507 e. The molecule has 0 bridgehead atoms. The Morgan fingerprint density at radius 2 is 1.68 bits per heavy atom. The fraction of sp³-hybridized carbons (Fsp3) is 0.278. The van der Waals surface area contributed by atoms with Crippen molar-refractivity contribution in [1.29, 1.82) is 0 Å². The van der Waals surface area contributed by atoms with E-state index in [0.717, 1.165) is 13.0 Å². The van der Waals surface area contributed by atoms with Gasteiger partial charge in [-0.1, -0.05) is 0 Å². The lowest BCUT2D eigenvalue weighted by Crippen LogP contribution is -2.38. The average molecular weight is 344 g/mol. The zero-order valence-electron chi connectivity index (χ0n) is 14.1.